The van der Waals surface area contributed by atoms with Gasteiger partial charge in [0, 0.05) is 13.1 Å². The molecule has 1 unspecified atom stereocenters. The van der Waals surface area contributed by atoms with Crippen molar-refractivity contribution in [2.75, 3.05) is 13.1 Å². The van der Waals surface area contributed by atoms with Gasteiger partial charge in [-0.2, -0.15) is 0 Å². The molecule has 0 N–H and O–H groups in total. The van der Waals surface area contributed by atoms with Crippen LogP contribution in [0.5, 0.6) is 0 Å². The summed E-state index contributed by atoms with van der Waals surface area (Å²) in [6.07, 6.45) is 3.52. The van der Waals surface area contributed by atoms with Gasteiger partial charge in [0.25, 0.3) is 5.91 Å². The minimum atomic E-state index is -0.790. The normalized spacial score (nSPS) is 16.2. The predicted molar refractivity (Wildman–Crippen MR) is 98.9 cm³/mol. The van der Waals surface area contributed by atoms with Gasteiger partial charge in [-0.1, -0.05) is 12.8 Å². The number of carbonyl (C=O) groups excluding carboxylic acids is 2. The fourth-order valence-electron chi connectivity index (χ4n) is 3.18. The Balaban J connectivity index is 1.71. The third-order valence-corrected chi connectivity index (χ3v) is 4.86. The number of fused-ring (bicyclic) bond motifs is 1. The van der Waals surface area contributed by atoms with E-state index in [1.807, 2.05) is 18.7 Å². The molecule has 1 amide bonds. The van der Waals surface area contributed by atoms with Gasteiger partial charge >= 0.3 is 5.97 Å². The first-order valence-corrected chi connectivity index (χ1v) is 9.20. The lowest BCUT2D eigenvalue weighted by Gasteiger charge is -2.24. The molecule has 0 bridgehead atoms. The number of hydrogen-bond acceptors (Lipinski definition) is 5. The Bertz CT molecular complexity index is 826. The van der Waals surface area contributed by atoms with Crippen LogP contribution in [0.4, 0.5) is 0 Å². The fraction of sp³-hybridized carbons (Fsp3) is 0.500. The quantitative estimate of drug-likeness (QED) is 0.791. The van der Waals surface area contributed by atoms with Gasteiger partial charge < -0.3 is 9.64 Å². The molecular weight excluding hydrogens is 330 g/mol. The van der Waals surface area contributed by atoms with Crippen LogP contribution in [0.2, 0.25) is 0 Å². The second-order valence-corrected chi connectivity index (χ2v) is 6.88. The number of ether oxygens (including phenoxy) is 1. The van der Waals surface area contributed by atoms with Crippen molar-refractivity contribution in [3.63, 3.8) is 0 Å². The Labute approximate surface area is 153 Å². The van der Waals surface area contributed by atoms with Crippen LogP contribution in [-0.4, -0.2) is 45.9 Å². The number of aryl methyl sites for hydroxylation is 2. The third kappa shape index (κ3) is 4.00. The van der Waals surface area contributed by atoms with Gasteiger partial charge in [-0.05, 0) is 51.8 Å². The SMILES string of the molecule is Cc1nc2ccc(C(=O)OC(C)C(=O)N3CCCCCC3)cc2nc1C. The molecule has 6 heteroatoms. The van der Waals surface area contributed by atoms with Gasteiger partial charge in [0.2, 0.25) is 0 Å². The topological polar surface area (TPSA) is 72.4 Å². The Morgan fingerprint density at radius 2 is 1.62 bits per heavy atom. The maximum atomic E-state index is 12.5. The smallest absolute Gasteiger partial charge is 0.338 e. The first kappa shape index (κ1) is 18.3. The van der Waals surface area contributed by atoms with Gasteiger partial charge in [-0.3, -0.25) is 4.79 Å². The summed E-state index contributed by atoms with van der Waals surface area (Å²) in [4.78, 5) is 35.7. The first-order valence-electron chi connectivity index (χ1n) is 9.20. The van der Waals surface area contributed by atoms with E-state index in [1.54, 1.807) is 25.1 Å². The molecule has 1 aliphatic rings. The molecule has 138 valence electrons. The number of hydrogen-bond donors (Lipinski definition) is 0. The van der Waals surface area contributed by atoms with E-state index in [0.717, 1.165) is 55.7 Å². The van der Waals surface area contributed by atoms with E-state index >= 15 is 0 Å². The number of carbonyl (C=O) groups is 2. The zero-order valence-corrected chi connectivity index (χ0v) is 15.6. The second-order valence-electron chi connectivity index (χ2n) is 6.88. The minimum Gasteiger partial charge on any atom is -0.449 e. The standard InChI is InChI=1S/C20H25N3O3/c1-13-14(2)22-18-12-16(8-9-17(18)21-13)20(25)26-15(3)19(24)23-10-6-4-5-7-11-23/h8-9,12,15H,4-7,10-11H2,1-3H3. The summed E-state index contributed by atoms with van der Waals surface area (Å²) in [6, 6.07) is 5.09. The molecule has 0 aliphatic carbocycles. The zero-order valence-electron chi connectivity index (χ0n) is 15.6. The highest BCUT2D eigenvalue weighted by Crippen LogP contribution is 2.17. The van der Waals surface area contributed by atoms with Crippen LogP contribution >= 0.6 is 0 Å². The molecule has 1 fully saturated rings. The molecule has 2 heterocycles. The molecule has 1 atom stereocenters. The van der Waals surface area contributed by atoms with Crippen molar-refractivity contribution in [1.82, 2.24) is 14.9 Å². The summed E-state index contributed by atoms with van der Waals surface area (Å²) in [5, 5.41) is 0. The summed E-state index contributed by atoms with van der Waals surface area (Å²) in [5.74, 6) is -0.630. The predicted octanol–water partition coefficient (Wildman–Crippen LogP) is 3.19. The van der Waals surface area contributed by atoms with Crippen molar-refractivity contribution in [1.29, 1.82) is 0 Å². The minimum absolute atomic E-state index is 0.118. The summed E-state index contributed by atoms with van der Waals surface area (Å²) in [7, 11) is 0. The van der Waals surface area contributed by atoms with Crippen molar-refractivity contribution in [3.05, 3.63) is 35.2 Å². The molecule has 0 spiro atoms. The lowest BCUT2D eigenvalue weighted by molar-refractivity contribution is -0.139. The highest BCUT2D eigenvalue weighted by molar-refractivity contribution is 5.95. The molecular formula is C20H25N3O3. The number of nitrogens with zero attached hydrogens (tertiary/aromatic N) is 3. The van der Waals surface area contributed by atoms with Crippen LogP contribution in [0, 0.1) is 13.8 Å². The Morgan fingerprint density at radius 1 is 1.00 bits per heavy atom. The lowest BCUT2D eigenvalue weighted by Crippen LogP contribution is -2.40. The molecule has 1 saturated heterocycles. The number of benzene rings is 1. The molecule has 0 radical (unpaired) electrons. The van der Waals surface area contributed by atoms with Crippen LogP contribution < -0.4 is 0 Å². The summed E-state index contributed by atoms with van der Waals surface area (Å²) in [6.45, 7) is 6.91. The monoisotopic (exact) mass is 355 g/mol. The van der Waals surface area contributed by atoms with E-state index < -0.39 is 12.1 Å². The van der Waals surface area contributed by atoms with E-state index in [2.05, 4.69) is 9.97 Å². The van der Waals surface area contributed by atoms with Crippen LogP contribution in [0.1, 0.15) is 54.4 Å². The van der Waals surface area contributed by atoms with Crippen molar-refractivity contribution in [3.8, 4) is 0 Å². The van der Waals surface area contributed by atoms with E-state index in [1.165, 1.54) is 0 Å². The maximum Gasteiger partial charge on any atom is 0.338 e. The van der Waals surface area contributed by atoms with E-state index in [4.69, 9.17) is 4.74 Å². The molecule has 1 aliphatic heterocycles. The number of aromatic nitrogens is 2. The van der Waals surface area contributed by atoms with Crippen molar-refractivity contribution in [2.45, 2.75) is 52.6 Å². The van der Waals surface area contributed by atoms with E-state index in [9.17, 15) is 9.59 Å². The van der Waals surface area contributed by atoms with Crippen LogP contribution in [-0.2, 0) is 9.53 Å². The third-order valence-electron chi connectivity index (χ3n) is 4.86. The number of esters is 1. The molecule has 6 nitrogen and oxygen atoms in total. The molecule has 3 rings (SSSR count). The fourth-order valence-corrected chi connectivity index (χ4v) is 3.18. The van der Waals surface area contributed by atoms with Crippen LogP contribution in [0.25, 0.3) is 11.0 Å². The van der Waals surface area contributed by atoms with Gasteiger partial charge in [0.15, 0.2) is 6.10 Å². The molecule has 26 heavy (non-hydrogen) atoms. The van der Waals surface area contributed by atoms with Gasteiger partial charge in [0.05, 0.1) is 28.0 Å². The van der Waals surface area contributed by atoms with Gasteiger partial charge in [-0.25, -0.2) is 14.8 Å². The average molecular weight is 355 g/mol. The second kappa shape index (κ2) is 7.81. The van der Waals surface area contributed by atoms with Gasteiger partial charge in [0.1, 0.15) is 0 Å². The average Bonchev–Trinajstić information content (AvgIpc) is 2.91. The lowest BCUT2D eigenvalue weighted by atomic mass is 10.2. The van der Waals surface area contributed by atoms with Crippen LogP contribution in [0.15, 0.2) is 18.2 Å². The van der Waals surface area contributed by atoms with Crippen molar-refractivity contribution >= 4 is 22.9 Å². The molecule has 2 aromatic rings. The zero-order chi connectivity index (χ0) is 18.7. The summed E-state index contributed by atoms with van der Waals surface area (Å²) >= 11 is 0. The number of likely N-dealkylation sites (tertiary alicyclic amines) is 1. The van der Waals surface area contributed by atoms with Crippen molar-refractivity contribution < 1.29 is 14.3 Å². The summed E-state index contributed by atoms with van der Waals surface area (Å²) < 4.78 is 5.42. The molecule has 1 aromatic carbocycles. The van der Waals surface area contributed by atoms with E-state index in [0.29, 0.717) is 11.1 Å². The Morgan fingerprint density at radius 3 is 2.27 bits per heavy atom. The molecule has 1 aromatic heterocycles. The Kier molecular flexibility index (Phi) is 5.49. The number of amides is 1. The maximum absolute atomic E-state index is 12.5. The van der Waals surface area contributed by atoms with E-state index in [-0.39, 0.29) is 5.91 Å². The van der Waals surface area contributed by atoms with Crippen LogP contribution in [0.3, 0.4) is 0 Å². The highest BCUT2D eigenvalue weighted by atomic mass is 16.5. The largest absolute Gasteiger partial charge is 0.449 e. The summed E-state index contributed by atoms with van der Waals surface area (Å²) in [5.41, 5.74) is 3.45. The van der Waals surface area contributed by atoms with Gasteiger partial charge in [-0.15, -0.1) is 0 Å². The Hall–Kier alpha value is -2.50. The van der Waals surface area contributed by atoms with Crippen molar-refractivity contribution in [2.24, 2.45) is 0 Å². The number of rotatable bonds is 3. The first-order chi connectivity index (χ1) is 12.5. The highest BCUT2D eigenvalue weighted by Gasteiger charge is 2.25. The molecule has 0 saturated carbocycles.